The number of amides is 1. The molecule has 1 saturated heterocycles. The lowest BCUT2D eigenvalue weighted by Gasteiger charge is -2.33. The SMILES string of the molecule is CS(=O)(=O)N1CCN(C(=O)c2cnn3c(N)c(-c4ccc(NS(=O)(=O)c5cccc(Cl)c5Cl)cc4)cnc23)CC1. The molecule has 2 aromatic heterocycles. The van der Waals surface area contributed by atoms with E-state index in [4.69, 9.17) is 28.9 Å². The number of carbonyl (C=O) groups is 1. The second-order valence-corrected chi connectivity index (χ2v) is 13.5. The molecular formula is C24H23Cl2N7O5S2. The van der Waals surface area contributed by atoms with Crippen molar-refractivity contribution in [3.8, 4) is 11.1 Å². The first-order chi connectivity index (χ1) is 18.9. The summed E-state index contributed by atoms with van der Waals surface area (Å²) in [6.45, 7) is 0.913. The quantitative estimate of drug-likeness (QED) is 0.331. The van der Waals surface area contributed by atoms with Crippen LogP contribution in [0, 0.1) is 0 Å². The van der Waals surface area contributed by atoms with Crippen molar-refractivity contribution in [3.05, 3.63) is 70.5 Å². The molecule has 16 heteroatoms. The van der Waals surface area contributed by atoms with Crippen LogP contribution in [0.4, 0.5) is 11.5 Å². The zero-order chi connectivity index (χ0) is 28.8. The Morgan fingerprint density at radius 3 is 2.30 bits per heavy atom. The zero-order valence-corrected chi connectivity index (χ0v) is 24.1. The molecule has 0 unspecified atom stereocenters. The topological polar surface area (TPSA) is 160 Å². The van der Waals surface area contributed by atoms with Crippen LogP contribution in [-0.2, 0) is 20.0 Å². The number of nitrogen functional groups attached to an aromatic ring is 1. The van der Waals surface area contributed by atoms with Gasteiger partial charge in [0.2, 0.25) is 10.0 Å². The van der Waals surface area contributed by atoms with Gasteiger partial charge in [0.15, 0.2) is 5.65 Å². The minimum atomic E-state index is -3.99. The molecule has 210 valence electrons. The van der Waals surface area contributed by atoms with Crippen molar-refractivity contribution in [2.24, 2.45) is 0 Å². The van der Waals surface area contributed by atoms with Gasteiger partial charge in [0.25, 0.3) is 15.9 Å². The molecule has 4 aromatic rings. The lowest BCUT2D eigenvalue weighted by Crippen LogP contribution is -2.50. The van der Waals surface area contributed by atoms with Gasteiger partial charge in [0.05, 0.1) is 22.5 Å². The minimum Gasteiger partial charge on any atom is -0.383 e. The van der Waals surface area contributed by atoms with Crippen molar-refractivity contribution in [2.45, 2.75) is 4.90 Å². The number of anilines is 2. The number of benzene rings is 2. The smallest absolute Gasteiger partial charge is 0.263 e. The summed E-state index contributed by atoms with van der Waals surface area (Å²) in [5.74, 6) is -0.0933. The molecular weight excluding hydrogens is 601 g/mol. The average Bonchev–Trinajstić information content (AvgIpc) is 3.35. The van der Waals surface area contributed by atoms with E-state index in [0.717, 1.165) is 6.26 Å². The number of carbonyl (C=O) groups excluding carboxylic acids is 1. The Bertz CT molecular complexity index is 1840. The Morgan fingerprint density at radius 1 is 0.975 bits per heavy atom. The Labute approximate surface area is 240 Å². The van der Waals surface area contributed by atoms with Crippen LogP contribution < -0.4 is 10.5 Å². The van der Waals surface area contributed by atoms with Crippen LogP contribution in [-0.4, -0.2) is 79.0 Å². The van der Waals surface area contributed by atoms with Gasteiger partial charge in [-0.05, 0) is 29.8 Å². The van der Waals surface area contributed by atoms with Crippen molar-refractivity contribution in [2.75, 3.05) is 42.9 Å². The van der Waals surface area contributed by atoms with Gasteiger partial charge in [-0.15, -0.1) is 0 Å². The van der Waals surface area contributed by atoms with Crippen LogP contribution in [0.5, 0.6) is 0 Å². The van der Waals surface area contributed by atoms with Gasteiger partial charge in [-0.25, -0.2) is 21.8 Å². The fraction of sp³-hybridized carbons (Fsp3) is 0.208. The molecule has 1 aliphatic rings. The molecule has 40 heavy (non-hydrogen) atoms. The number of hydrogen-bond acceptors (Lipinski definition) is 8. The summed E-state index contributed by atoms with van der Waals surface area (Å²) >= 11 is 12.0. The Morgan fingerprint density at radius 2 is 1.65 bits per heavy atom. The zero-order valence-electron chi connectivity index (χ0n) is 21.0. The lowest BCUT2D eigenvalue weighted by molar-refractivity contribution is 0.0700. The highest BCUT2D eigenvalue weighted by molar-refractivity contribution is 7.92. The maximum atomic E-state index is 13.1. The molecule has 3 N–H and O–H groups in total. The number of rotatable bonds is 6. The standard InChI is InChI=1S/C24H23Cl2N7O5S2/c1-39(35,36)32-11-9-31(10-12-32)24(34)18-14-29-33-22(27)17(13-28-23(18)33)15-5-7-16(8-6-15)30-40(37,38)20-4-2-3-19(25)21(20)26/h2-8,13-14,30H,9-12,27H2,1H3. The monoisotopic (exact) mass is 623 g/mol. The Hall–Kier alpha value is -3.43. The van der Waals surface area contributed by atoms with E-state index in [1.54, 1.807) is 29.2 Å². The number of nitrogens with one attached hydrogen (secondary N) is 1. The van der Waals surface area contributed by atoms with Gasteiger partial charge in [-0.1, -0.05) is 41.4 Å². The lowest BCUT2D eigenvalue weighted by atomic mass is 10.1. The summed E-state index contributed by atoms with van der Waals surface area (Å²) in [6.07, 6.45) is 4.03. The van der Waals surface area contributed by atoms with Gasteiger partial charge >= 0.3 is 0 Å². The number of halogens is 2. The number of nitrogens with two attached hydrogens (primary N) is 1. The first-order valence-corrected chi connectivity index (χ1v) is 15.9. The first kappa shape index (κ1) is 28.1. The van der Waals surface area contributed by atoms with Gasteiger partial charge in [-0.3, -0.25) is 9.52 Å². The highest BCUT2D eigenvalue weighted by atomic mass is 35.5. The molecule has 0 bridgehead atoms. The largest absolute Gasteiger partial charge is 0.383 e. The van der Waals surface area contributed by atoms with E-state index in [2.05, 4.69) is 14.8 Å². The Balaban J connectivity index is 1.36. The van der Waals surface area contributed by atoms with Crippen LogP contribution >= 0.6 is 23.2 Å². The molecule has 0 spiro atoms. The van der Waals surface area contributed by atoms with Gasteiger partial charge < -0.3 is 10.6 Å². The van der Waals surface area contributed by atoms with Crippen LogP contribution in [0.3, 0.4) is 0 Å². The molecule has 0 saturated carbocycles. The maximum Gasteiger partial charge on any atom is 0.263 e. The highest BCUT2D eigenvalue weighted by Gasteiger charge is 2.29. The van der Waals surface area contributed by atoms with Crippen LogP contribution in [0.1, 0.15) is 10.4 Å². The van der Waals surface area contributed by atoms with Crippen molar-refractivity contribution >= 4 is 66.3 Å². The summed E-state index contributed by atoms with van der Waals surface area (Å²) in [4.78, 5) is 19.0. The van der Waals surface area contributed by atoms with Gasteiger partial charge in [0, 0.05) is 43.6 Å². The average molecular weight is 625 g/mol. The van der Waals surface area contributed by atoms with Crippen LogP contribution in [0.15, 0.2) is 59.8 Å². The van der Waals surface area contributed by atoms with Crippen molar-refractivity contribution in [1.82, 2.24) is 23.8 Å². The van der Waals surface area contributed by atoms with E-state index in [1.165, 1.54) is 39.4 Å². The van der Waals surface area contributed by atoms with Crippen LogP contribution in [0.25, 0.3) is 16.8 Å². The second-order valence-electron chi connectivity index (χ2n) is 9.04. The van der Waals surface area contributed by atoms with Crippen molar-refractivity contribution in [1.29, 1.82) is 0 Å². The third-order valence-electron chi connectivity index (χ3n) is 6.44. The number of aromatic nitrogens is 3. The van der Waals surface area contributed by atoms with E-state index in [1.807, 2.05) is 0 Å². The normalized spacial score (nSPS) is 14.9. The number of nitrogens with zero attached hydrogens (tertiary/aromatic N) is 5. The van der Waals surface area contributed by atoms with E-state index in [0.29, 0.717) is 11.1 Å². The molecule has 5 rings (SSSR count). The molecule has 0 aliphatic carbocycles. The molecule has 0 atom stereocenters. The highest BCUT2D eigenvalue weighted by Crippen LogP contribution is 2.32. The number of fused-ring (bicyclic) bond motifs is 1. The fourth-order valence-corrected chi connectivity index (χ4v) is 6.98. The third-order valence-corrected chi connectivity index (χ3v) is 10.1. The number of sulfonamides is 2. The number of hydrogen-bond donors (Lipinski definition) is 2. The van der Waals surface area contributed by atoms with Crippen LogP contribution in [0.2, 0.25) is 10.0 Å². The molecule has 1 aliphatic heterocycles. The predicted octanol–water partition coefficient (Wildman–Crippen LogP) is 2.80. The van der Waals surface area contributed by atoms with E-state index in [-0.39, 0.29) is 69.7 Å². The van der Waals surface area contributed by atoms with Crippen molar-refractivity contribution < 1.29 is 21.6 Å². The van der Waals surface area contributed by atoms with Crippen molar-refractivity contribution in [3.63, 3.8) is 0 Å². The molecule has 2 aromatic carbocycles. The fourth-order valence-electron chi connectivity index (χ4n) is 4.33. The molecule has 1 fully saturated rings. The summed E-state index contributed by atoms with van der Waals surface area (Å²) in [6, 6.07) is 10.8. The van der Waals surface area contributed by atoms with Gasteiger partial charge in [0.1, 0.15) is 16.3 Å². The van der Waals surface area contributed by atoms with E-state index < -0.39 is 20.0 Å². The van der Waals surface area contributed by atoms with E-state index in [9.17, 15) is 21.6 Å². The molecule has 12 nitrogen and oxygen atoms in total. The number of piperazine rings is 1. The first-order valence-electron chi connectivity index (χ1n) is 11.8. The van der Waals surface area contributed by atoms with Gasteiger partial charge in [-0.2, -0.15) is 13.9 Å². The molecule has 0 radical (unpaired) electrons. The second kappa shape index (κ2) is 10.5. The predicted molar refractivity (Wildman–Crippen MR) is 152 cm³/mol. The van der Waals surface area contributed by atoms with E-state index >= 15 is 0 Å². The molecule has 1 amide bonds. The summed E-state index contributed by atoms with van der Waals surface area (Å²) in [7, 11) is -7.31. The summed E-state index contributed by atoms with van der Waals surface area (Å²) in [5, 5.41) is 4.30. The third kappa shape index (κ3) is 5.32. The Kier molecular flexibility index (Phi) is 7.39. The summed E-state index contributed by atoms with van der Waals surface area (Å²) in [5.41, 5.74) is 8.33. The minimum absolute atomic E-state index is 0.0753. The maximum absolute atomic E-state index is 13.1. The summed E-state index contributed by atoms with van der Waals surface area (Å²) < 4.78 is 54.3. The molecule has 3 heterocycles.